The maximum atomic E-state index is 11.1. The Labute approximate surface area is 122 Å². The van der Waals surface area contributed by atoms with Gasteiger partial charge < -0.3 is 9.84 Å². The molecule has 0 bridgehead atoms. The lowest BCUT2D eigenvalue weighted by atomic mass is 10.0. The fraction of sp³-hybridized carbons (Fsp3) is 0.462. The smallest absolute Gasteiger partial charge is 0.320 e. The third-order valence-electron chi connectivity index (χ3n) is 2.73. The molecule has 19 heavy (non-hydrogen) atoms. The third-order valence-corrected chi connectivity index (χ3v) is 3.23. The number of benzene rings is 1. The first kappa shape index (κ1) is 16.1. The molecule has 1 rings (SSSR count). The Balaban J connectivity index is 2.90. The second-order valence-electron chi connectivity index (χ2n) is 4.52. The molecular weight excluding hydrogens is 289 g/mol. The molecule has 0 aliphatic carbocycles. The molecule has 0 fully saturated rings. The molecule has 1 aromatic carbocycles. The summed E-state index contributed by atoms with van der Waals surface area (Å²) in [5, 5.41) is 13.0. The van der Waals surface area contributed by atoms with Crippen LogP contribution in [0.3, 0.4) is 0 Å². The Morgan fingerprint density at radius 3 is 2.53 bits per heavy atom. The Bertz CT molecular complexity index is 463. The van der Waals surface area contributed by atoms with E-state index in [1.807, 2.05) is 13.8 Å². The fourth-order valence-electron chi connectivity index (χ4n) is 1.80. The molecule has 0 aromatic heterocycles. The first-order valence-electron chi connectivity index (χ1n) is 5.85. The van der Waals surface area contributed by atoms with Gasteiger partial charge in [0.2, 0.25) is 0 Å². The SMILES string of the molecule is COc1c(Cl)cc(Cl)cc1CN[C@H](C(=O)O)C(C)C. The second kappa shape index (κ2) is 6.98. The number of hydrogen-bond acceptors (Lipinski definition) is 3. The van der Waals surface area contributed by atoms with Crippen molar-refractivity contribution in [3.63, 3.8) is 0 Å². The van der Waals surface area contributed by atoms with E-state index >= 15 is 0 Å². The second-order valence-corrected chi connectivity index (χ2v) is 5.36. The summed E-state index contributed by atoms with van der Waals surface area (Å²) in [6.45, 7) is 4.00. The Morgan fingerprint density at radius 2 is 2.05 bits per heavy atom. The molecule has 1 atom stereocenters. The van der Waals surface area contributed by atoms with Crippen LogP contribution in [-0.2, 0) is 11.3 Å². The average molecular weight is 306 g/mol. The van der Waals surface area contributed by atoms with E-state index < -0.39 is 12.0 Å². The molecule has 0 spiro atoms. The standard InChI is InChI=1S/C13H17Cl2NO3/c1-7(2)11(13(17)18)16-6-8-4-9(14)5-10(15)12(8)19-3/h4-5,7,11,16H,6H2,1-3H3,(H,17,18)/t11-/m0/s1. The van der Waals surface area contributed by atoms with Crippen LogP contribution in [0.5, 0.6) is 5.75 Å². The highest BCUT2D eigenvalue weighted by atomic mass is 35.5. The molecule has 106 valence electrons. The molecule has 0 saturated carbocycles. The molecule has 6 heteroatoms. The fourth-order valence-corrected chi connectivity index (χ4v) is 2.41. The molecule has 4 nitrogen and oxygen atoms in total. The number of rotatable bonds is 6. The highest BCUT2D eigenvalue weighted by molar-refractivity contribution is 6.35. The minimum atomic E-state index is -0.887. The van der Waals surface area contributed by atoms with Gasteiger partial charge in [0.15, 0.2) is 0 Å². The summed E-state index contributed by atoms with van der Waals surface area (Å²) in [5.74, 6) is -0.410. The van der Waals surface area contributed by atoms with E-state index in [4.69, 9.17) is 33.0 Å². The van der Waals surface area contributed by atoms with E-state index in [2.05, 4.69) is 5.32 Å². The van der Waals surface area contributed by atoms with Gasteiger partial charge in [-0.25, -0.2) is 0 Å². The van der Waals surface area contributed by atoms with E-state index in [-0.39, 0.29) is 5.92 Å². The van der Waals surface area contributed by atoms with Crippen molar-refractivity contribution in [1.82, 2.24) is 5.32 Å². The van der Waals surface area contributed by atoms with Gasteiger partial charge in [-0.15, -0.1) is 0 Å². The lowest BCUT2D eigenvalue weighted by molar-refractivity contribution is -0.140. The average Bonchev–Trinajstić information content (AvgIpc) is 2.27. The summed E-state index contributed by atoms with van der Waals surface area (Å²) < 4.78 is 5.21. The van der Waals surface area contributed by atoms with Crippen molar-refractivity contribution < 1.29 is 14.6 Å². The van der Waals surface area contributed by atoms with Crippen molar-refractivity contribution in [2.24, 2.45) is 5.92 Å². The Morgan fingerprint density at radius 1 is 1.42 bits per heavy atom. The predicted octanol–water partition coefficient (Wildman–Crippen LogP) is 3.20. The minimum absolute atomic E-state index is 0.0295. The number of nitrogens with one attached hydrogen (secondary N) is 1. The molecule has 2 N–H and O–H groups in total. The van der Waals surface area contributed by atoms with E-state index in [9.17, 15) is 4.79 Å². The van der Waals surface area contributed by atoms with E-state index in [0.717, 1.165) is 5.56 Å². The van der Waals surface area contributed by atoms with Crippen molar-refractivity contribution in [1.29, 1.82) is 0 Å². The van der Waals surface area contributed by atoms with Gasteiger partial charge in [0.25, 0.3) is 0 Å². The summed E-state index contributed by atoms with van der Waals surface area (Å²) in [4.78, 5) is 11.1. The van der Waals surface area contributed by atoms with Crippen LogP contribution in [-0.4, -0.2) is 24.2 Å². The number of aliphatic carboxylic acids is 1. The van der Waals surface area contributed by atoms with Crippen molar-refractivity contribution in [3.8, 4) is 5.75 Å². The zero-order valence-electron chi connectivity index (χ0n) is 11.0. The predicted molar refractivity (Wildman–Crippen MR) is 76.1 cm³/mol. The van der Waals surface area contributed by atoms with Gasteiger partial charge in [0.1, 0.15) is 11.8 Å². The molecule has 0 aliphatic heterocycles. The van der Waals surface area contributed by atoms with Crippen molar-refractivity contribution in [2.45, 2.75) is 26.4 Å². The summed E-state index contributed by atoms with van der Waals surface area (Å²) >= 11 is 12.0. The Kier molecular flexibility index (Phi) is 5.91. The molecule has 0 unspecified atom stereocenters. The number of carboxylic acids is 1. The molecular formula is C13H17Cl2NO3. The highest BCUT2D eigenvalue weighted by Crippen LogP contribution is 2.32. The topological polar surface area (TPSA) is 58.6 Å². The van der Waals surface area contributed by atoms with Crippen LogP contribution < -0.4 is 10.1 Å². The lowest BCUT2D eigenvalue weighted by Gasteiger charge is -2.19. The van der Waals surface area contributed by atoms with E-state index in [1.54, 1.807) is 12.1 Å². The van der Waals surface area contributed by atoms with Crippen LogP contribution in [0.2, 0.25) is 10.0 Å². The number of halogens is 2. The van der Waals surface area contributed by atoms with Crippen LogP contribution in [0, 0.1) is 5.92 Å². The number of ether oxygens (including phenoxy) is 1. The molecule has 1 aromatic rings. The van der Waals surface area contributed by atoms with E-state index in [1.165, 1.54) is 7.11 Å². The lowest BCUT2D eigenvalue weighted by Crippen LogP contribution is -2.40. The number of carboxylic acid groups (broad SMARTS) is 1. The van der Waals surface area contributed by atoms with Crippen LogP contribution in [0.1, 0.15) is 19.4 Å². The normalized spacial score (nSPS) is 12.5. The first-order chi connectivity index (χ1) is 8.86. The number of hydrogen-bond donors (Lipinski definition) is 2. The highest BCUT2D eigenvalue weighted by Gasteiger charge is 2.21. The van der Waals surface area contributed by atoms with Crippen LogP contribution in [0.4, 0.5) is 0 Å². The van der Waals surface area contributed by atoms with Gasteiger partial charge in [-0.05, 0) is 18.1 Å². The summed E-state index contributed by atoms with van der Waals surface area (Å²) in [6.07, 6.45) is 0. The zero-order chi connectivity index (χ0) is 14.6. The third kappa shape index (κ3) is 4.27. The number of methoxy groups -OCH3 is 1. The largest absolute Gasteiger partial charge is 0.495 e. The maximum Gasteiger partial charge on any atom is 0.320 e. The van der Waals surface area contributed by atoms with Crippen LogP contribution in [0.25, 0.3) is 0 Å². The van der Waals surface area contributed by atoms with Gasteiger partial charge in [0.05, 0.1) is 12.1 Å². The summed E-state index contributed by atoms with van der Waals surface area (Å²) in [5.41, 5.74) is 0.729. The van der Waals surface area contributed by atoms with Gasteiger partial charge >= 0.3 is 5.97 Å². The quantitative estimate of drug-likeness (QED) is 0.847. The number of carbonyl (C=O) groups is 1. The van der Waals surface area contributed by atoms with Crippen molar-refractivity contribution >= 4 is 29.2 Å². The summed E-state index contributed by atoms with van der Waals surface area (Å²) in [7, 11) is 1.51. The molecule has 0 heterocycles. The first-order valence-corrected chi connectivity index (χ1v) is 6.60. The molecule has 0 saturated heterocycles. The molecule has 0 amide bonds. The molecule has 0 aliphatic rings. The summed E-state index contributed by atoms with van der Waals surface area (Å²) in [6, 6.07) is 2.66. The van der Waals surface area contributed by atoms with Gasteiger partial charge in [-0.1, -0.05) is 37.0 Å². The van der Waals surface area contributed by atoms with Gasteiger partial charge in [-0.2, -0.15) is 0 Å². The minimum Gasteiger partial charge on any atom is -0.495 e. The molecule has 0 radical (unpaired) electrons. The van der Waals surface area contributed by atoms with Crippen LogP contribution >= 0.6 is 23.2 Å². The van der Waals surface area contributed by atoms with Gasteiger partial charge in [0, 0.05) is 17.1 Å². The van der Waals surface area contributed by atoms with E-state index in [0.29, 0.717) is 22.3 Å². The zero-order valence-corrected chi connectivity index (χ0v) is 12.5. The maximum absolute atomic E-state index is 11.1. The Hall–Kier alpha value is -0.970. The van der Waals surface area contributed by atoms with Gasteiger partial charge in [-0.3, -0.25) is 10.1 Å². The van der Waals surface area contributed by atoms with Crippen molar-refractivity contribution in [2.75, 3.05) is 7.11 Å². The van der Waals surface area contributed by atoms with Crippen LogP contribution in [0.15, 0.2) is 12.1 Å². The monoisotopic (exact) mass is 305 g/mol. The van der Waals surface area contributed by atoms with Crippen molar-refractivity contribution in [3.05, 3.63) is 27.7 Å².